The minimum absolute atomic E-state index is 0.178. The molecule has 4 aromatic rings. The van der Waals surface area contributed by atoms with E-state index in [0.29, 0.717) is 48.0 Å². The number of anilines is 1. The van der Waals surface area contributed by atoms with E-state index in [0.717, 1.165) is 43.0 Å². The van der Waals surface area contributed by atoms with E-state index in [1.165, 1.54) is 6.07 Å². The standard InChI is InChI=1S/C28H32FN7O2/c1-28(2,38)26(37)23-13-22-24(15-30-23)32-25(19-14-31-36(17-19)20-7-8-20)27(33-22)35-11-9-34(10-12-35)16-18-5-3-4-6-21(18)29/h3-6,13-15,17,20,26,37-38H,7-12,16H2,1-2H3/t26-/m0/s1. The Morgan fingerprint density at radius 1 is 1.05 bits per heavy atom. The van der Waals surface area contributed by atoms with Gasteiger partial charge in [-0.2, -0.15) is 5.10 Å². The summed E-state index contributed by atoms with van der Waals surface area (Å²) in [5.41, 5.74) is 2.54. The lowest BCUT2D eigenvalue weighted by atomic mass is 9.98. The van der Waals surface area contributed by atoms with Crippen molar-refractivity contribution in [1.82, 2.24) is 29.6 Å². The minimum atomic E-state index is -1.34. The molecule has 2 aliphatic rings. The zero-order valence-corrected chi connectivity index (χ0v) is 21.6. The smallest absolute Gasteiger partial charge is 0.156 e. The SMILES string of the molecule is CC(C)(O)[C@@H](O)c1cc2nc(N3CCN(Cc4ccccc4F)CC3)c(-c3cnn(C4CC4)c3)nc2cn1. The summed E-state index contributed by atoms with van der Waals surface area (Å²) < 4.78 is 16.2. The zero-order valence-electron chi connectivity index (χ0n) is 21.6. The number of piperazine rings is 1. The third-order valence-corrected chi connectivity index (χ3v) is 7.32. The fourth-order valence-electron chi connectivity index (χ4n) is 4.88. The van der Waals surface area contributed by atoms with Crippen molar-refractivity contribution in [3.05, 3.63) is 66.0 Å². The van der Waals surface area contributed by atoms with Gasteiger partial charge >= 0.3 is 0 Å². The highest BCUT2D eigenvalue weighted by molar-refractivity contribution is 5.83. The van der Waals surface area contributed by atoms with Gasteiger partial charge in [-0.1, -0.05) is 18.2 Å². The lowest BCUT2D eigenvalue weighted by molar-refractivity contribution is -0.0516. The summed E-state index contributed by atoms with van der Waals surface area (Å²) in [6, 6.07) is 9.06. The third kappa shape index (κ3) is 4.99. The molecule has 38 heavy (non-hydrogen) atoms. The average Bonchev–Trinajstić information content (AvgIpc) is 3.65. The summed E-state index contributed by atoms with van der Waals surface area (Å²) in [7, 11) is 0. The first-order valence-electron chi connectivity index (χ1n) is 13.1. The predicted molar refractivity (Wildman–Crippen MR) is 142 cm³/mol. The molecule has 0 unspecified atom stereocenters. The highest BCUT2D eigenvalue weighted by Crippen LogP contribution is 2.37. The Bertz CT molecular complexity index is 1460. The van der Waals surface area contributed by atoms with Gasteiger partial charge in [-0.25, -0.2) is 14.4 Å². The van der Waals surface area contributed by atoms with Gasteiger partial charge in [0, 0.05) is 50.0 Å². The predicted octanol–water partition coefficient (Wildman–Crippen LogP) is 3.49. The molecule has 2 fully saturated rings. The second kappa shape index (κ2) is 9.68. The lowest BCUT2D eigenvalue weighted by Gasteiger charge is -2.36. The van der Waals surface area contributed by atoms with Gasteiger partial charge in [0.2, 0.25) is 0 Å². The Hall–Kier alpha value is -3.47. The minimum Gasteiger partial charge on any atom is -0.387 e. The average molecular weight is 518 g/mol. The van der Waals surface area contributed by atoms with Crippen LogP contribution in [0.5, 0.6) is 0 Å². The molecule has 1 aliphatic carbocycles. The topological polar surface area (TPSA) is 103 Å². The second-order valence-corrected chi connectivity index (χ2v) is 10.8. The number of aromatic nitrogens is 5. The number of aliphatic hydroxyl groups is 2. The Morgan fingerprint density at radius 2 is 1.82 bits per heavy atom. The van der Waals surface area contributed by atoms with Crippen molar-refractivity contribution < 1.29 is 14.6 Å². The van der Waals surface area contributed by atoms with E-state index in [1.54, 1.807) is 32.2 Å². The van der Waals surface area contributed by atoms with Gasteiger partial charge in [-0.05, 0) is 38.8 Å². The Labute approximate surface area is 220 Å². The molecule has 0 amide bonds. The lowest BCUT2D eigenvalue weighted by Crippen LogP contribution is -2.46. The summed E-state index contributed by atoms with van der Waals surface area (Å²) in [6.45, 7) is 6.59. The summed E-state index contributed by atoms with van der Waals surface area (Å²) >= 11 is 0. The van der Waals surface area contributed by atoms with Crippen LogP contribution in [0.4, 0.5) is 10.2 Å². The zero-order chi connectivity index (χ0) is 26.4. The van der Waals surface area contributed by atoms with Crippen LogP contribution in [0.25, 0.3) is 22.3 Å². The van der Waals surface area contributed by atoms with Crippen LogP contribution in [0, 0.1) is 5.82 Å². The molecule has 10 heteroatoms. The van der Waals surface area contributed by atoms with Crippen LogP contribution < -0.4 is 4.90 Å². The maximum absolute atomic E-state index is 14.2. The number of hydrogen-bond acceptors (Lipinski definition) is 8. The van der Waals surface area contributed by atoms with Crippen molar-refractivity contribution in [2.24, 2.45) is 0 Å². The van der Waals surface area contributed by atoms with Crippen LogP contribution >= 0.6 is 0 Å². The first-order chi connectivity index (χ1) is 18.3. The number of nitrogens with zero attached hydrogens (tertiary/aromatic N) is 7. The van der Waals surface area contributed by atoms with Crippen LogP contribution in [0.15, 0.2) is 48.9 Å². The van der Waals surface area contributed by atoms with Gasteiger partial charge in [-0.15, -0.1) is 0 Å². The maximum atomic E-state index is 14.2. The van der Waals surface area contributed by atoms with E-state index in [9.17, 15) is 14.6 Å². The number of halogens is 1. The van der Waals surface area contributed by atoms with Gasteiger partial charge in [0.15, 0.2) is 5.82 Å². The van der Waals surface area contributed by atoms with Crippen molar-refractivity contribution in [3.63, 3.8) is 0 Å². The molecule has 6 rings (SSSR count). The third-order valence-electron chi connectivity index (χ3n) is 7.32. The molecule has 4 heterocycles. The van der Waals surface area contributed by atoms with E-state index in [1.807, 2.05) is 29.2 Å². The van der Waals surface area contributed by atoms with Gasteiger partial charge < -0.3 is 15.1 Å². The molecule has 1 aromatic carbocycles. The molecule has 3 aromatic heterocycles. The van der Waals surface area contributed by atoms with E-state index in [4.69, 9.17) is 9.97 Å². The molecule has 0 radical (unpaired) electrons. The van der Waals surface area contributed by atoms with Crippen LogP contribution in [-0.4, -0.2) is 71.6 Å². The van der Waals surface area contributed by atoms with Crippen molar-refractivity contribution >= 4 is 16.9 Å². The first kappa shape index (κ1) is 24.8. The summed E-state index contributed by atoms with van der Waals surface area (Å²) in [5.74, 6) is 0.566. The quantitative estimate of drug-likeness (QED) is 0.384. The number of hydrogen-bond donors (Lipinski definition) is 2. The normalized spacial score (nSPS) is 17.8. The van der Waals surface area contributed by atoms with Crippen molar-refractivity contribution in [2.45, 2.75) is 51.0 Å². The Morgan fingerprint density at radius 3 is 2.53 bits per heavy atom. The fraction of sp³-hybridized carbons (Fsp3) is 0.429. The van der Waals surface area contributed by atoms with E-state index in [-0.39, 0.29) is 5.82 Å². The molecule has 198 valence electrons. The Kier molecular flexibility index (Phi) is 6.33. The highest BCUT2D eigenvalue weighted by atomic mass is 19.1. The summed E-state index contributed by atoms with van der Waals surface area (Å²) in [4.78, 5) is 18.8. The van der Waals surface area contributed by atoms with Gasteiger partial charge in [-0.3, -0.25) is 14.6 Å². The fourth-order valence-corrected chi connectivity index (χ4v) is 4.88. The maximum Gasteiger partial charge on any atom is 0.156 e. The van der Waals surface area contributed by atoms with E-state index in [2.05, 4.69) is 19.9 Å². The monoisotopic (exact) mass is 517 g/mol. The van der Waals surface area contributed by atoms with E-state index >= 15 is 0 Å². The van der Waals surface area contributed by atoms with Crippen LogP contribution in [0.2, 0.25) is 0 Å². The number of benzene rings is 1. The molecular formula is C28H32FN7O2. The molecular weight excluding hydrogens is 485 g/mol. The highest BCUT2D eigenvalue weighted by Gasteiger charge is 2.29. The molecule has 0 bridgehead atoms. The number of rotatable bonds is 7. The Balaban J connectivity index is 1.32. The second-order valence-electron chi connectivity index (χ2n) is 10.8. The first-order valence-corrected chi connectivity index (χ1v) is 13.1. The molecule has 1 aliphatic heterocycles. The number of fused-ring (bicyclic) bond motifs is 1. The molecule has 1 saturated carbocycles. The van der Waals surface area contributed by atoms with Crippen molar-refractivity contribution in [3.8, 4) is 11.3 Å². The number of pyridine rings is 1. The van der Waals surface area contributed by atoms with Gasteiger partial charge in [0.25, 0.3) is 0 Å². The summed E-state index contributed by atoms with van der Waals surface area (Å²) in [5, 5.41) is 25.4. The summed E-state index contributed by atoms with van der Waals surface area (Å²) in [6.07, 6.45) is 6.58. The van der Waals surface area contributed by atoms with Gasteiger partial charge in [0.1, 0.15) is 23.1 Å². The van der Waals surface area contributed by atoms with E-state index < -0.39 is 11.7 Å². The molecule has 1 atom stereocenters. The largest absolute Gasteiger partial charge is 0.387 e. The molecule has 2 N–H and O–H groups in total. The molecule has 0 spiro atoms. The van der Waals surface area contributed by atoms with Crippen LogP contribution in [0.3, 0.4) is 0 Å². The molecule has 1 saturated heterocycles. The van der Waals surface area contributed by atoms with Gasteiger partial charge in [0.05, 0.1) is 35.2 Å². The van der Waals surface area contributed by atoms with Crippen molar-refractivity contribution in [1.29, 1.82) is 0 Å². The number of aliphatic hydroxyl groups excluding tert-OH is 1. The van der Waals surface area contributed by atoms with Crippen LogP contribution in [0.1, 0.15) is 50.1 Å². The van der Waals surface area contributed by atoms with Crippen LogP contribution in [-0.2, 0) is 6.54 Å². The molecule has 9 nitrogen and oxygen atoms in total. The van der Waals surface area contributed by atoms with Crippen molar-refractivity contribution in [2.75, 3.05) is 31.1 Å².